The first-order chi connectivity index (χ1) is 9.25. The summed E-state index contributed by atoms with van der Waals surface area (Å²) < 4.78 is 13.6. The lowest BCUT2D eigenvalue weighted by atomic mass is 9.91. The predicted octanol–water partition coefficient (Wildman–Crippen LogP) is 1.58. The molecule has 2 aliphatic heterocycles. The molecule has 0 aromatic heterocycles. The third-order valence-corrected chi connectivity index (χ3v) is 4.30. The van der Waals surface area contributed by atoms with E-state index in [0.29, 0.717) is 17.5 Å². The Balaban J connectivity index is 1.71. The number of nitrogens with zero attached hydrogens (tertiary/aromatic N) is 1. The Morgan fingerprint density at radius 2 is 2.21 bits per heavy atom. The van der Waals surface area contributed by atoms with E-state index in [-0.39, 0.29) is 18.1 Å². The van der Waals surface area contributed by atoms with Crippen molar-refractivity contribution in [2.24, 2.45) is 5.92 Å². The molecule has 3 rings (SSSR count). The van der Waals surface area contributed by atoms with E-state index in [1.165, 1.54) is 12.5 Å². The lowest BCUT2D eigenvalue weighted by molar-refractivity contribution is -0.134. The van der Waals surface area contributed by atoms with E-state index >= 15 is 0 Å². The monoisotopic (exact) mass is 262 g/mol. The van der Waals surface area contributed by atoms with Gasteiger partial charge in [0.1, 0.15) is 5.82 Å². The first-order valence-electron chi connectivity index (χ1n) is 6.99. The highest BCUT2D eigenvalue weighted by molar-refractivity contribution is 5.79. The van der Waals surface area contributed by atoms with Crippen LogP contribution in [0.4, 0.5) is 4.39 Å². The molecule has 1 aromatic rings. The third-order valence-electron chi connectivity index (χ3n) is 4.30. The normalized spacial score (nSPS) is 26.3. The van der Waals surface area contributed by atoms with E-state index in [1.807, 2.05) is 4.90 Å². The second-order valence-electron chi connectivity index (χ2n) is 5.48. The van der Waals surface area contributed by atoms with Crippen molar-refractivity contribution in [2.75, 3.05) is 19.6 Å². The largest absolute Gasteiger partial charge is 0.338 e. The summed E-state index contributed by atoms with van der Waals surface area (Å²) in [5.41, 5.74) is 0.501. The van der Waals surface area contributed by atoms with Crippen molar-refractivity contribution in [3.8, 4) is 0 Å². The molecule has 0 saturated carbocycles. The first kappa shape index (κ1) is 12.6. The van der Waals surface area contributed by atoms with Gasteiger partial charge in [0.2, 0.25) is 5.91 Å². The Hall–Kier alpha value is -1.42. The predicted molar refractivity (Wildman–Crippen MR) is 71.2 cm³/mol. The molecule has 1 aromatic carbocycles. The molecule has 0 spiro atoms. The van der Waals surface area contributed by atoms with Crippen LogP contribution < -0.4 is 5.32 Å². The molecule has 0 aliphatic carbocycles. The molecular weight excluding hydrogens is 243 g/mol. The van der Waals surface area contributed by atoms with Gasteiger partial charge in [-0.05, 0) is 30.4 Å². The molecule has 0 radical (unpaired) electrons. The highest BCUT2D eigenvalue weighted by Crippen LogP contribution is 2.27. The number of fused-ring (bicyclic) bond motifs is 1. The number of nitrogens with one attached hydrogen (secondary N) is 1. The number of likely N-dealkylation sites (tertiary alicyclic amines) is 1. The summed E-state index contributed by atoms with van der Waals surface area (Å²) in [7, 11) is 0. The quantitative estimate of drug-likeness (QED) is 0.877. The lowest BCUT2D eigenvalue weighted by Crippen LogP contribution is -2.48. The summed E-state index contributed by atoms with van der Waals surface area (Å²) in [6.07, 6.45) is 2.43. The molecule has 0 bridgehead atoms. The fourth-order valence-electron chi connectivity index (χ4n) is 3.28. The van der Waals surface area contributed by atoms with E-state index in [2.05, 4.69) is 5.32 Å². The Labute approximate surface area is 112 Å². The summed E-state index contributed by atoms with van der Waals surface area (Å²) >= 11 is 0. The number of amides is 1. The molecular formula is C15H19FN2O. The number of carbonyl (C=O) groups is 1. The summed E-state index contributed by atoms with van der Waals surface area (Å²) in [6.45, 7) is 2.71. The minimum Gasteiger partial charge on any atom is -0.338 e. The average Bonchev–Trinajstić information content (AvgIpc) is 2.89. The van der Waals surface area contributed by atoms with Gasteiger partial charge in [-0.1, -0.05) is 18.2 Å². The Kier molecular flexibility index (Phi) is 3.51. The molecule has 4 heteroatoms. The molecule has 2 heterocycles. The van der Waals surface area contributed by atoms with Gasteiger partial charge in [-0.2, -0.15) is 0 Å². The zero-order chi connectivity index (χ0) is 13.2. The summed E-state index contributed by atoms with van der Waals surface area (Å²) in [4.78, 5) is 14.4. The fourth-order valence-corrected chi connectivity index (χ4v) is 3.28. The van der Waals surface area contributed by atoms with Crippen LogP contribution in [0.2, 0.25) is 0 Å². The second-order valence-corrected chi connectivity index (χ2v) is 5.48. The van der Waals surface area contributed by atoms with Crippen LogP contribution in [0.15, 0.2) is 24.3 Å². The van der Waals surface area contributed by atoms with Crippen molar-refractivity contribution in [2.45, 2.75) is 25.3 Å². The summed E-state index contributed by atoms with van der Waals surface area (Å²) in [5.74, 6) is 0.357. The maximum atomic E-state index is 13.6. The molecule has 2 saturated heterocycles. The van der Waals surface area contributed by atoms with Gasteiger partial charge in [-0.15, -0.1) is 0 Å². The molecule has 19 heavy (non-hydrogen) atoms. The molecule has 2 fully saturated rings. The topological polar surface area (TPSA) is 32.3 Å². The number of carbonyl (C=O) groups excluding carboxylic acids is 1. The highest BCUT2D eigenvalue weighted by Gasteiger charge is 2.37. The van der Waals surface area contributed by atoms with Crippen molar-refractivity contribution >= 4 is 5.91 Å². The SMILES string of the molecule is O=C(Cc1ccccc1F)N1CCCC2CNCC21. The van der Waals surface area contributed by atoms with Gasteiger partial charge in [-0.25, -0.2) is 4.39 Å². The van der Waals surface area contributed by atoms with Crippen LogP contribution in [0.5, 0.6) is 0 Å². The van der Waals surface area contributed by atoms with Crippen LogP contribution in [-0.2, 0) is 11.2 Å². The van der Waals surface area contributed by atoms with Crippen LogP contribution in [0.25, 0.3) is 0 Å². The van der Waals surface area contributed by atoms with Gasteiger partial charge in [0.15, 0.2) is 0 Å². The van der Waals surface area contributed by atoms with Crippen molar-refractivity contribution in [3.05, 3.63) is 35.6 Å². The maximum absolute atomic E-state index is 13.6. The van der Waals surface area contributed by atoms with Gasteiger partial charge in [0, 0.05) is 25.7 Å². The minimum atomic E-state index is -0.283. The number of piperidine rings is 1. The fraction of sp³-hybridized carbons (Fsp3) is 0.533. The number of rotatable bonds is 2. The number of hydrogen-bond donors (Lipinski definition) is 1. The van der Waals surface area contributed by atoms with E-state index < -0.39 is 0 Å². The van der Waals surface area contributed by atoms with Gasteiger partial charge in [0.05, 0.1) is 6.42 Å². The van der Waals surface area contributed by atoms with Crippen LogP contribution in [0.1, 0.15) is 18.4 Å². The van der Waals surface area contributed by atoms with Crippen molar-refractivity contribution in [1.29, 1.82) is 0 Å². The molecule has 2 atom stereocenters. The van der Waals surface area contributed by atoms with Crippen LogP contribution in [-0.4, -0.2) is 36.5 Å². The van der Waals surface area contributed by atoms with Gasteiger partial charge >= 0.3 is 0 Å². The standard InChI is InChI=1S/C15H19FN2O/c16-13-6-2-1-4-11(13)8-15(19)18-7-3-5-12-9-17-10-14(12)18/h1-2,4,6,12,14,17H,3,5,7-10H2. The van der Waals surface area contributed by atoms with Gasteiger partial charge in [0.25, 0.3) is 0 Å². The van der Waals surface area contributed by atoms with Crippen LogP contribution >= 0.6 is 0 Å². The zero-order valence-corrected chi connectivity index (χ0v) is 10.9. The number of hydrogen-bond acceptors (Lipinski definition) is 2. The Morgan fingerprint density at radius 3 is 3.05 bits per heavy atom. The molecule has 2 unspecified atom stereocenters. The number of benzene rings is 1. The van der Waals surface area contributed by atoms with E-state index in [4.69, 9.17) is 0 Å². The Bertz CT molecular complexity index is 477. The summed E-state index contributed by atoms with van der Waals surface area (Å²) in [6, 6.07) is 6.86. The number of halogens is 1. The molecule has 3 nitrogen and oxygen atoms in total. The lowest BCUT2D eigenvalue weighted by Gasteiger charge is -2.37. The first-order valence-corrected chi connectivity index (χ1v) is 6.99. The average molecular weight is 262 g/mol. The molecule has 2 aliphatic rings. The van der Waals surface area contributed by atoms with E-state index in [9.17, 15) is 9.18 Å². The van der Waals surface area contributed by atoms with Gasteiger partial charge < -0.3 is 10.2 Å². The summed E-state index contributed by atoms with van der Waals surface area (Å²) in [5, 5.41) is 3.36. The van der Waals surface area contributed by atoms with Crippen LogP contribution in [0, 0.1) is 11.7 Å². The van der Waals surface area contributed by atoms with Gasteiger partial charge in [-0.3, -0.25) is 4.79 Å². The minimum absolute atomic E-state index is 0.0588. The molecule has 102 valence electrons. The smallest absolute Gasteiger partial charge is 0.227 e. The van der Waals surface area contributed by atoms with Crippen molar-refractivity contribution < 1.29 is 9.18 Å². The zero-order valence-electron chi connectivity index (χ0n) is 10.9. The second kappa shape index (κ2) is 5.29. The molecule has 1 N–H and O–H groups in total. The molecule has 1 amide bonds. The van der Waals surface area contributed by atoms with E-state index in [1.54, 1.807) is 18.2 Å². The Morgan fingerprint density at radius 1 is 1.37 bits per heavy atom. The highest BCUT2D eigenvalue weighted by atomic mass is 19.1. The maximum Gasteiger partial charge on any atom is 0.227 e. The van der Waals surface area contributed by atoms with E-state index in [0.717, 1.165) is 26.1 Å². The van der Waals surface area contributed by atoms with Crippen LogP contribution in [0.3, 0.4) is 0 Å². The third kappa shape index (κ3) is 2.50. The van der Waals surface area contributed by atoms with Crippen molar-refractivity contribution in [3.63, 3.8) is 0 Å². The van der Waals surface area contributed by atoms with Crippen molar-refractivity contribution in [1.82, 2.24) is 10.2 Å².